The van der Waals surface area contributed by atoms with Crippen LogP contribution in [0.1, 0.15) is 0 Å². The predicted octanol–water partition coefficient (Wildman–Crippen LogP) is 4.41. The zero-order valence-corrected chi connectivity index (χ0v) is 17.3. The van der Waals surface area contributed by atoms with E-state index in [0.29, 0.717) is 11.4 Å². The molecule has 3 aromatic rings. The van der Waals surface area contributed by atoms with Crippen LogP contribution in [0.5, 0.6) is 5.75 Å². The van der Waals surface area contributed by atoms with E-state index < -0.39 is 15.8 Å². The molecule has 3 rings (SSSR count). The van der Waals surface area contributed by atoms with Gasteiger partial charge in [0.1, 0.15) is 11.6 Å². The van der Waals surface area contributed by atoms with Crippen molar-refractivity contribution in [1.29, 1.82) is 0 Å². The van der Waals surface area contributed by atoms with E-state index in [0.717, 1.165) is 16.6 Å². The van der Waals surface area contributed by atoms with E-state index in [1.54, 1.807) is 24.3 Å². The Morgan fingerprint density at radius 1 is 0.897 bits per heavy atom. The van der Waals surface area contributed by atoms with Crippen molar-refractivity contribution in [2.24, 2.45) is 0 Å². The summed E-state index contributed by atoms with van der Waals surface area (Å²) < 4.78 is 46.3. The van der Waals surface area contributed by atoms with Crippen LogP contribution in [0.25, 0.3) is 0 Å². The Kier molecular flexibility index (Phi) is 6.50. The first kappa shape index (κ1) is 20.8. The number of nitrogens with one attached hydrogen (secondary N) is 2. The van der Waals surface area contributed by atoms with Gasteiger partial charge in [0.05, 0.1) is 4.90 Å². The number of hydrogen-bond donors (Lipinski definition) is 2. The van der Waals surface area contributed by atoms with Crippen LogP contribution in [0.4, 0.5) is 15.8 Å². The molecule has 0 aliphatic heterocycles. The van der Waals surface area contributed by atoms with Gasteiger partial charge in [0.25, 0.3) is 15.9 Å². The second kappa shape index (κ2) is 9.06. The number of amides is 1. The van der Waals surface area contributed by atoms with Gasteiger partial charge in [0.2, 0.25) is 0 Å². The van der Waals surface area contributed by atoms with Crippen LogP contribution < -0.4 is 14.8 Å². The molecule has 0 unspecified atom stereocenters. The summed E-state index contributed by atoms with van der Waals surface area (Å²) in [5, 5.41) is 2.69. The molecular formula is C20H16BrFN2O4S. The number of sulfonamides is 1. The number of anilines is 2. The largest absolute Gasteiger partial charge is 0.484 e. The van der Waals surface area contributed by atoms with Crippen LogP contribution in [0.3, 0.4) is 0 Å². The average molecular weight is 479 g/mol. The molecule has 0 aliphatic carbocycles. The van der Waals surface area contributed by atoms with Crippen molar-refractivity contribution < 1.29 is 22.3 Å². The Bertz CT molecular complexity index is 1090. The Morgan fingerprint density at radius 2 is 1.48 bits per heavy atom. The third-order valence-corrected chi connectivity index (χ3v) is 5.65. The highest BCUT2D eigenvalue weighted by molar-refractivity contribution is 9.10. The van der Waals surface area contributed by atoms with Gasteiger partial charge < -0.3 is 10.1 Å². The van der Waals surface area contributed by atoms with E-state index in [4.69, 9.17) is 4.74 Å². The lowest BCUT2D eigenvalue weighted by Crippen LogP contribution is -2.20. The summed E-state index contributed by atoms with van der Waals surface area (Å²) in [6.45, 7) is -0.226. The number of rotatable bonds is 7. The Morgan fingerprint density at radius 3 is 2.10 bits per heavy atom. The monoisotopic (exact) mass is 478 g/mol. The van der Waals surface area contributed by atoms with Gasteiger partial charge in [-0.3, -0.25) is 9.52 Å². The van der Waals surface area contributed by atoms with Gasteiger partial charge in [-0.15, -0.1) is 0 Å². The molecule has 0 fully saturated rings. The van der Waals surface area contributed by atoms with Gasteiger partial charge in [-0.25, -0.2) is 12.8 Å². The zero-order valence-electron chi connectivity index (χ0n) is 14.9. The van der Waals surface area contributed by atoms with Crippen molar-refractivity contribution in [3.8, 4) is 5.75 Å². The van der Waals surface area contributed by atoms with Crippen molar-refractivity contribution >= 4 is 43.2 Å². The van der Waals surface area contributed by atoms with E-state index in [-0.39, 0.29) is 23.1 Å². The van der Waals surface area contributed by atoms with Gasteiger partial charge in [0, 0.05) is 15.8 Å². The molecule has 0 spiro atoms. The predicted molar refractivity (Wildman–Crippen MR) is 112 cm³/mol. The molecule has 0 aliphatic rings. The molecule has 150 valence electrons. The van der Waals surface area contributed by atoms with Crippen molar-refractivity contribution in [3.63, 3.8) is 0 Å². The lowest BCUT2D eigenvalue weighted by atomic mass is 10.3. The molecule has 0 radical (unpaired) electrons. The number of halogens is 2. The second-order valence-corrected chi connectivity index (χ2v) is 8.53. The minimum Gasteiger partial charge on any atom is -0.484 e. The number of hydrogen-bond acceptors (Lipinski definition) is 4. The van der Waals surface area contributed by atoms with Crippen LogP contribution in [-0.4, -0.2) is 20.9 Å². The number of carbonyl (C=O) groups is 1. The van der Waals surface area contributed by atoms with Crippen LogP contribution in [0, 0.1) is 5.82 Å². The Hall–Kier alpha value is -2.91. The van der Waals surface area contributed by atoms with Crippen molar-refractivity contribution in [3.05, 3.63) is 83.1 Å². The maximum absolute atomic E-state index is 12.9. The zero-order chi connectivity index (χ0) is 20.9. The summed E-state index contributed by atoms with van der Waals surface area (Å²) >= 11 is 3.31. The molecule has 0 heterocycles. The van der Waals surface area contributed by atoms with E-state index in [9.17, 15) is 17.6 Å². The summed E-state index contributed by atoms with van der Waals surface area (Å²) in [6.07, 6.45) is 0. The fraction of sp³-hybridized carbons (Fsp3) is 0.0500. The van der Waals surface area contributed by atoms with Crippen LogP contribution in [0.15, 0.2) is 82.2 Å². The van der Waals surface area contributed by atoms with Gasteiger partial charge in [0.15, 0.2) is 6.61 Å². The fourth-order valence-corrected chi connectivity index (χ4v) is 3.65. The van der Waals surface area contributed by atoms with Crippen molar-refractivity contribution in [2.45, 2.75) is 4.90 Å². The molecule has 0 aromatic heterocycles. The first-order valence-corrected chi connectivity index (χ1v) is 10.7. The van der Waals surface area contributed by atoms with E-state index >= 15 is 0 Å². The third kappa shape index (κ3) is 6.03. The molecule has 0 bridgehead atoms. The molecule has 29 heavy (non-hydrogen) atoms. The summed E-state index contributed by atoms with van der Waals surface area (Å²) in [5.41, 5.74) is 0.881. The second-order valence-electron chi connectivity index (χ2n) is 5.93. The highest BCUT2D eigenvalue weighted by Gasteiger charge is 2.14. The molecule has 0 saturated heterocycles. The normalized spacial score (nSPS) is 11.0. The van der Waals surface area contributed by atoms with Crippen LogP contribution >= 0.6 is 15.9 Å². The molecule has 0 saturated carbocycles. The quantitative estimate of drug-likeness (QED) is 0.526. The van der Waals surface area contributed by atoms with Crippen LogP contribution in [0.2, 0.25) is 0 Å². The van der Waals surface area contributed by atoms with Gasteiger partial charge in [-0.2, -0.15) is 0 Å². The topological polar surface area (TPSA) is 84.5 Å². The number of carbonyl (C=O) groups excluding carboxylic acids is 1. The summed E-state index contributed by atoms with van der Waals surface area (Å²) in [6, 6.07) is 17.7. The Labute approximate surface area is 175 Å². The van der Waals surface area contributed by atoms with E-state index in [2.05, 4.69) is 26.0 Å². The lowest BCUT2D eigenvalue weighted by molar-refractivity contribution is -0.118. The highest BCUT2D eigenvalue weighted by atomic mass is 79.9. The SMILES string of the molecule is O=C(COc1ccc(S(=O)(=O)Nc2ccc(F)cc2)cc1)Nc1ccc(Br)cc1. The van der Waals surface area contributed by atoms with Crippen molar-refractivity contribution in [2.75, 3.05) is 16.6 Å². The maximum Gasteiger partial charge on any atom is 0.262 e. The third-order valence-electron chi connectivity index (χ3n) is 3.73. The van der Waals surface area contributed by atoms with Gasteiger partial charge in [-0.1, -0.05) is 15.9 Å². The number of benzene rings is 3. The summed E-state index contributed by atoms with van der Waals surface area (Å²) in [4.78, 5) is 12.0. The minimum atomic E-state index is -3.83. The molecule has 9 heteroatoms. The standard InChI is InChI=1S/C20H16BrFN2O4S/c21-14-1-5-16(6-2-14)23-20(25)13-28-18-9-11-19(12-10-18)29(26,27)24-17-7-3-15(22)4-8-17/h1-12,24H,13H2,(H,23,25). The smallest absolute Gasteiger partial charge is 0.262 e. The van der Waals surface area contributed by atoms with Crippen LogP contribution in [-0.2, 0) is 14.8 Å². The van der Waals surface area contributed by atoms with E-state index in [1.165, 1.54) is 36.4 Å². The molecule has 6 nitrogen and oxygen atoms in total. The van der Waals surface area contributed by atoms with Gasteiger partial charge >= 0.3 is 0 Å². The molecular weight excluding hydrogens is 463 g/mol. The molecule has 1 amide bonds. The Balaban J connectivity index is 1.57. The maximum atomic E-state index is 12.9. The van der Waals surface area contributed by atoms with Crippen molar-refractivity contribution in [1.82, 2.24) is 0 Å². The summed E-state index contributed by atoms with van der Waals surface area (Å²) in [5.74, 6) is -0.461. The summed E-state index contributed by atoms with van der Waals surface area (Å²) in [7, 11) is -3.83. The molecule has 3 aromatic carbocycles. The lowest BCUT2D eigenvalue weighted by Gasteiger charge is -2.10. The fourth-order valence-electron chi connectivity index (χ4n) is 2.33. The molecule has 2 N–H and O–H groups in total. The first-order valence-electron chi connectivity index (χ1n) is 8.38. The minimum absolute atomic E-state index is 0.00786. The van der Waals surface area contributed by atoms with Gasteiger partial charge in [-0.05, 0) is 72.8 Å². The molecule has 0 atom stereocenters. The van der Waals surface area contributed by atoms with E-state index in [1.807, 2.05) is 0 Å². The first-order chi connectivity index (χ1) is 13.8. The number of ether oxygens (including phenoxy) is 1. The highest BCUT2D eigenvalue weighted by Crippen LogP contribution is 2.20. The average Bonchev–Trinajstić information content (AvgIpc) is 2.70.